The molecule has 0 atom stereocenters. The summed E-state index contributed by atoms with van der Waals surface area (Å²) in [5, 5.41) is 0.826. The number of sulfone groups is 2. The number of nitrogens with zero attached hydrogens (tertiary/aromatic N) is 1. The highest BCUT2D eigenvalue weighted by Gasteiger charge is 2.34. The Balaban J connectivity index is 2.71. The molecule has 5 nitrogen and oxygen atoms in total. The first kappa shape index (κ1) is 14.0. The maximum absolute atomic E-state index is 11.7. The van der Waals surface area contributed by atoms with E-state index in [0.29, 0.717) is 5.52 Å². The fraction of sp³-hybridized carbons (Fsp3) is 0.250. The maximum atomic E-state index is 11.7. The standard InChI is InChI=1S/C12H13NO4S2/c1-18(14,15)12(19(2,16)17)11-8-7-9-5-3-4-6-10(9)13-11/h3-8,12H,1-2H3. The van der Waals surface area contributed by atoms with Gasteiger partial charge in [-0.05, 0) is 12.1 Å². The van der Waals surface area contributed by atoms with Crippen molar-refractivity contribution in [3.8, 4) is 0 Å². The SMILES string of the molecule is CS(=O)(=O)C(c1ccc2ccccc2n1)S(C)(=O)=O. The first-order valence-corrected chi connectivity index (χ1v) is 9.34. The molecule has 1 aromatic heterocycles. The molecule has 0 amide bonds. The van der Waals surface area contributed by atoms with Crippen LogP contribution in [0.3, 0.4) is 0 Å². The molecule has 0 unspecified atom stereocenters. The van der Waals surface area contributed by atoms with Crippen LogP contribution in [-0.2, 0) is 19.7 Å². The average molecular weight is 299 g/mol. The van der Waals surface area contributed by atoms with Gasteiger partial charge in [0.15, 0.2) is 19.7 Å². The Morgan fingerprint density at radius 2 is 1.47 bits per heavy atom. The molecule has 0 aliphatic rings. The quantitative estimate of drug-likeness (QED) is 0.854. The summed E-state index contributed by atoms with van der Waals surface area (Å²) in [6, 6.07) is 10.2. The van der Waals surface area contributed by atoms with Crippen molar-refractivity contribution < 1.29 is 16.8 Å². The van der Waals surface area contributed by atoms with Gasteiger partial charge in [0, 0.05) is 17.9 Å². The summed E-state index contributed by atoms with van der Waals surface area (Å²) in [7, 11) is -7.59. The number of pyridine rings is 1. The molecule has 7 heteroatoms. The number of hydrogen-bond acceptors (Lipinski definition) is 5. The summed E-state index contributed by atoms with van der Waals surface area (Å²) < 4.78 is 45.2. The monoisotopic (exact) mass is 299 g/mol. The van der Waals surface area contributed by atoms with Gasteiger partial charge in [-0.25, -0.2) is 16.8 Å². The molecule has 0 saturated heterocycles. The fourth-order valence-electron chi connectivity index (χ4n) is 1.97. The highest BCUT2D eigenvalue weighted by atomic mass is 32.3. The van der Waals surface area contributed by atoms with Crippen molar-refractivity contribution in [2.45, 2.75) is 4.58 Å². The Morgan fingerprint density at radius 1 is 0.895 bits per heavy atom. The van der Waals surface area contributed by atoms with Crippen LogP contribution in [0.1, 0.15) is 10.3 Å². The lowest BCUT2D eigenvalue weighted by Gasteiger charge is -2.13. The largest absolute Gasteiger partial charge is 0.250 e. The Hall–Kier alpha value is -1.47. The van der Waals surface area contributed by atoms with E-state index in [1.54, 1.807) is 18.2 Å². The molecule has 1 heterocycles. The second-order valence-electron chi connectivity index (χ2n) is 4.42. The van der Waals surface area contributed by atoms with E-state index in [1.165, 1.54) is 6.07 Å². The van der Waals surface area contributed by atoms with E-state index < -0.39 is 24.3 Å². The van der Waals surface area contributed by atoms with Gasteiger partial charge < -0.3 is 0 Å². The number of aromatic nitrogens is 1. The third-order valence-electron chi connectivity index (χ3n) is 2.64. The van der Waals surface area contributed by atoms with E-state index in [9.17, 15) is 16.8 Å². The molecule has 0 N–H and O–H groups in total. The van der Waals surface area contributed by atoms with Gasteiger partial charge in [0.1, 0.15) is 0 Å². The highest BCUT2D eigenvalue weighted by Crippen LogP contribution is 2.27. The molecule has 2 aromatic rings. The van der Waals surface area contributed by atoms with Crippen molar-refractivity contribution in [3.05, 3.63) is 42.1 Å². The van der Waals surface area contributed by atoms with Gasteiger partial charge in [-0.15, -0.1) is 0 Å². The van der Waals surface area contributed by atoms with Crippen LogP contribution in [0.2, 0.25) is 0 Å². The summed E-state index contributed by atoms with van der Waals surface area (Å²) in [4.78, 5) is 4.15. The van der Waals surface area contributed by atoms with Crippen LogP contribution in [-0.4, -0.2) is 34.3 Å². The van der Waals surface area contributed by atoms with Crippen LogP contribution >= 0.6 is 0 Å². The second kappa shape index (κ2) is 4.57. The predicted octanol–water partition coefficient (Wildman–Crippen LogP) is 1.32. The summed E-state index contributed by atoms with van der Waals surface area (Å²) in [6.07, 6.45) is 1.80. The van der Waals surface area contributed by atoms with Crippen molar-refractivity contribution >= 4 is 30.6 Å². The van der Waals surface area contributed by atoms with Gasteiger partial charge in [0.25, 0.3) is 0 Å². The Morgan fingerprint density at radius 3 is 2.05 bits per heavy atom. The van der Waals surface area contributed by atoms with Crippen LogP contribution in [0.25, 0.3) is 10.9 Å². The number of fused-ring (bicyclic) bond motifs is 1. The first-order valence-electron chi connectivity index (χ1n) is 5.43. The Bertz CT molecular complexity index is 794. The lowest BCUT2D eigenvalue weighted by Crippen LogP contribution is -2.21. The second-order valence-corrected chi connectivity index (χ2v) is 8.98. The van der Waals surface area contributed by atoms with Crippen molar-refractivity contribution in [1.82, 2.24) is 4.98 Å². The zero-order valence-corrected chi connectivity index (χ0v) is 12.1. The molecular formula is C12H13NO4S2. The maximum Gasteiger partial charge on any atom is 0.203 e. The molecular weight excluding hydrogens is 286 g/mol. The average Bonchev–Trinajstić information content (AvgIpc) is 2.25. The normalized spacial score (nSPS) is 13.0. The Labute approximate surface area is 112 Å². The molecule has 0 aliphatic carbocycles. The lowest BCUT2D eigenvalue weighted by atomic mass is 10.2. The van der Waals surface area contributed by atoms with Crippen LogP contribution in [0.15, 0.2) is 36.4 Å². The van der Waals surface area contributed by atoms with E-state index >= 15 is 0 Å². The summed E-state index contributed by atoms with van der Waals surface area (Å²) in [6.45, 7) is 0. The topological polar surface area (TPSA) is 81.2 Å². The van der Waals surface area contributed by atoms with E-state index in [2.05, 4.69) is 4.98 Å². The minimum Gasteiger partial charge on any atom is -0.250 e. The van der Waals surface area contributed by atoms with Crippen LogP contribution in [0.4, 0.5) is 0 Å². The number of hydrogen-bond donors (Lipinski definition) is 0. The van der Waals surface area contributed by atoms with Gasteiger partial charge >= 0.3 is 0 Å². The minimum absolute atomic E-state index is 0.0312. The first-order chi connectivity index (χ1) is 8.69. The van der Waals surface area contributed by atoms with Crippen molar-refractivity contribution in [2.75, 3.05) is 12.5 Å². The smallest absolute Gasteiger partial charge is 0.203 e. The molecule has 2 rings (SSSR count). The third kappa shape index (κ3) is 2.93. The van der Waals surface area contributed by atoms with E-state index in [4.69, 9.17) is 0 Å². The zero-order valence-electron chi connectivity index (χ0n) is 10.4. The third-order valence-corrected chi connectivity index (χ3v) is 6.78. The van der Waals surface area contributed by atoms with Crippen LogP contribution in [0, 0.1) is 0 Å². The summed E-state index contributed by atoms with van der Waals surface area (Å²) in [5.41, 5.74) is 0.598. The lowest BCUT2D eigenvalue weighted by molar-refractivity contribution is 0.582. The molecule has 102 valence electrons. The molecule has 0 bridgehead atoms. The van der Waals surface area contributed by atoms with Crippen molar-refractivity contribution in [2.24, 2.45) is 0 Å². The van der Waals surface area contributed by atoms with Gasteiger partial charge in [0.05, 0.1) is 11.2 Å². The molecule has 0 aliphatic heterocycles. The minimum atomic E-state index is -3.79. The van der Waals surface area contributed by atoms with Gasteiger partial charge in [-0.3, -0.25) is 4.98 Å². The number of para-hydroxylation sites is 1. The van der Waals surface area contributed by atoms with Gasteiger partial charge in [0.2, 0.25) is 4.58 Å². The van der Waals surface area contributed by atoms with E-state index in [0.717, 1.165) is 17.9 Å². The predicted molar refractivity (Wildman–Crippen MR) is 74.2 cm³/mol. The van der Waals surface area contributed by atoms with Crippen molar-refractivity contribution in [3.63, 3.8) is 0 Å². The molecule has 19 heavy (non-hydrogen) atoms. The molecule has 0 spiro atoms. The number of benzene rings is 1. The molecule has 0 fully saturated rings. The Kier molecular flexibility index (Phi) is 3.36. The molecule has 0 radical (unpaired) electrons. The van der Waals surface area contributed by atoms with Crippen LogP contribution < -0.4 is 0 Å². The van der Waals surface area contributed by atoms with Crippen LogP contribution in [0.5, 0.6) is 0 Å². The van der Waals surface area contributed by atoms with Crippen molar-refractivity contribution in [1.29, 1.82) is 0 Å². The highest BCUT2D eigenvalue weighted by molar-refractivity contribution is 8.07. The van der Waals surface area contributed by atoms with E-state index in [1.807, 2.05) is 12.1 Å². The van der Waals surface area contributed by atoms with Gasteiger partial charge in [-0.1, -0.05) is 24.3 Å². The number of rotatable bonds is 3. The summed E-state index contributed by atoms with van der Waals surface area (Å²) in [5.74, 6) is 0. The molecule has 1 aromatic carbocycles. The fourth-order valence-corrected chi connectivity index (χ4v) is 5.65. The molecule has 0 saturated carbocycles. The van der Waals surface area contributed by atoms with Gasteiger partial charge in [-0.2, -0.15) is 0 Å². The summed E-state index contributed by atoms with van der Waals surface area (Å²) >= 11 is 0. The van der Waals surface area contributed by atoms with E-state index in [-0.39, 0.29) is 5.69 Å². The zero-order chi connectivity index (χ0) is 14.3.